The average Bonchev–Trinajstić information content (AvgIpc) is 3.56. The molecule has 0 fully saturated rings. The fourth-order valence-electron chi connectivity index (χ4n) is 8.67. The molecule has 6 rings (SSSR count). The van der Waals surface area contributed by atoms with Crippen molar-refractivity contribution in [2.45, 2.75) is 93.3 Å². The fourth-order valence-corrected chi connectivity index (χ4v) is 10.9. The topological polar surface area (TPSA) is 257 Å². The number of unbranched alkanes of at least 4 members (excludes halogenated alkanes) is 2. The number of thiocarbonyl (C=S) groups is 1. The summed E-state index contributed by atoms with van der Waals surface area (Å²) in [5.41, 5.74) is 4.19. The summed E-state index contributed by atoms with van der Waals surface area (Å²) in [7, 11) is -18.5. The molecule has 3 aliphatic rings. The van der Waals surface area contributed by atoms with E-state index < -0.39 is 72.6 Å². The zero-order chi connectivity index (χ0) is 48.5. The second kappa shape index (κ2) is 24.6. The number of fused-ring (bicyclic) bond motifs is 2. The van der Waals surface area contributed by atoms with Gasteiger partial charge in [-0.15, -0.1) is 0 Å². The van der Waals surface area contributed by atoms with Crippen LogP contribution in [0, 0.1) is 0 Å². The number of hydrogen-bond acceptors (Lipinski definition) is 16. The Morgan fingerprint density at radius 2 is 1.30 bits per heavy atom. The minimum atomic E-state index is -4.80. The van der Waals surface area contributed by atoms with Crippen LogP contribution in [0.3, 0.4) is 0 Å². The molecule has 69 heavy (non-hydrogen) atoms. The second-order valence-electron chi connectivity index (χ2n) is 17.2. The summed E-state index contributed by atoms with van der Waals surface area (Å²) >= 11 is 4.77. The molecule has 0 radical (unpaired) electrons. The number of benzene rings is 3. The Balaban J connectivity index is 0.00000420. The maximum Gasteiger partial charge on any atom is 1.00 e. The number of aliphatic imine (C=N–C) groups is 1. The van der Waals surface area contributed by atoms with Crippen LogP contribution in [-0.2, 0) is 51.3 Å². The molecular weight excluding hydrogens is 1020 g/mol. The first-order valence-corrected chi connectivity index (χ1v) is 27.3. The summed E-state index contributed by atoms with van der Waals surface area (Å²) in [4.78, 5) is 5.16. The molecule has 0 aromatic heterocycles. The van der Waals surface area contributed by atoms with Crippen LogP contribution in [0.15, 0.2) is 122 Å². The Morgan fingerprint density at radius 3 is 1.88 bits per heavy atom. The van der Waals surface area contributed by atoms with Crippen molar-refractivity contribution in [3.05, 3.63) is 119 Å². The first-order valence-electron chi connectivity index (χ1n) is 20.9. The number of allylic oxidation sites excluding steroid dienone is 7. The maximum absolute atomic E-state index is 12.1. The van der Waals surface area contributed by atoms with Crippen LogP contribution in [0.25, 0.3) is 0 Å². The summed E-state index contributed by atoms with van der Waals surface area (Å²) in [6.45, 7) is 8.07. The van der Waals surface area contributed by atoms with Gasteiger partial charge in [-0.1, -0.05) is 19.9 Å². The van der Waals surface area contributed by atoms with Crippen molar-refractivity contribution in [1.29, 1.82) is 0 Å². The van der Waals surface area contributed by atoms with E-state index in [2.05, 4.69) is 10.2 Å². The number of hydrogen-bond donors (Lipinski definition) is 0. The number of nitrogens with zero attached hydrogens (tertiary/aromatic N) is 3. The van der Waals surface area contributed by atoms with Gasteiger partial charge in [-0.05, 0) is 148 Å². The molecule has 3 aromatic carbocycles. The van der Waals surface area contributed by atoms with E-state index in [4.69, 9.17) is 17.0 Å². The number of ether oxygens (including phenoxy) is 1. The molecule has 0 N–H and O–H groups in total. The van der Waals surface area contributed by atoms with Crippen LogP contribution in [0.4, 0.5) is 17.1 Å². The van der Waals surface area contributed by atoms with E-state index in [0.717, 1.165) is 11.1 Å². The van der Waals surface area contributed by atoms with E-state index in [1.807, 2.05) is 61.5 Å². The van der Waals surface area contributed by atoms with Gasteiger partial charge >= 0.3 is 88.7 Å². The van der Waals surface area contributed by atoms with Gasteiger partial charge in [0.2, 0.25) is 5.69 Å². The zero-order valence-corrected chi connectivity index (χ0v) is 49.6. The zero-order valence-electron chi connectivity index (χ0n) is 39.6. The third-order valence-electron chi connectivity index (χ3n) is 11.9. The van der Waals surface area contributed by atoms with Crippen LogP contribution in [0.2, 0.25) is 0 Å². The Hall–Kier alpha value is -1.67. The van der Waals surface area contributed by atoms with E-state index >= 15 is 0 Å². The van der Waals surface area contributed by atoms with Gasteiger partial charge in [0.1, 0.15) is 38.3 Å². The minimum absolute atomic E-state index is 0. The predicted molar refractivity (Wildman–Crippen MR) is 248 cm³/mol. The van der Waals surface area contributed by atoms with Gasteiger partial charge in [-0.25, -0.2) is 33.7 Å². The third-order valence-corrected chi connectivity index (χ3v) is 15.3. The largest absolute Gasteiger partial charge is 1.00 e. The molecule has 0 amide bonds. The number of rotatable bonds is 18. The normalized spacial score (nSPS) is 17.8. The minimum Gasteiger partial charge on any atom is -0.748 e. The average molecular weight is 1070 g/mol. The van der Waals surface area contributed by atoms with Crippen LogP contribution in [-0.4, -0.2) is 91.9 Å². The summed E-state index contributed by atoms with van der Waals surface area (Å²) in [5.74, 6) is -0.120. The van der Waals surface area contributed by atoms with E-state index in [9.17, 15) is 51.9 Å². The van der Waals surface area contributed by atoms with Gasteiger partial charge in [-0.2, -0.15) is 9.57 Å². The van der Waals surface area contributed by atoms with Gasteiger partial charge in [0.25, 0.3) is 0 Å². The Kier molecular flexibility index (Phi) is 21.9. The molecule has 3 aromatic rings. The van der Waals surface area contributed by atoms with Crippen molar-refractivity contribution in [2.24, 2.45) is 4.99 Å². The molecule has 2 aliphatic heterocycles. The standard InChI is InChI=1S/C45H51N3O13S5.3Na/c1-44(2)37-28-35(65(55,56)57)18-20-39(37)47(24-5-7-26-63(49,50)51)41(44)22-12-31-10-9-11-32(43(31)61-34-16-14-33(15-17-34)46-30-62)13-23-42-45(3,4)38-29-36(66(58,59)60)19-21-40(38)48(42)25-6-8-27-64(52,53)54;;;/h12-23,28-29H,5-11,24-27H2,1-4H3,(H3-,49,50,51,52,53,54,55,56,57,58,59,60);;;/q;3*+1/p-3. The van der Waals surface area contributed by atoms with Crippen molar-refractivity contribution in [3.63, 3.8) is 0 Å². The van der Waals surface area contributed by atoms with Crippen molar-refractivity contribution < 1.29 is 150 Å². The summed E-state index contributed by atoms with van der Waals surface area (Å²) in [6, 6.07) is 15.1. The molecule has 0 saturated heterocycles. The Bertz CT molecular complexity index is 3110. The third kappa shape index (κ3) is 15.4. The fraction of sp³-hybridized carbons (Fsp3) is 0.378. The van der Waals surface area contributed by atoms with Gasteiger partial charge in [0.15, 0.2) is 5.71 Å². The van der Waals surface area contributed by atoms with E-state index in [0.29, 0.717) is 83.2 Å². The summed E-state index contributed by atoms with van der Waals surface area (Å²) in [6.07, 6.45) is 10.2. The smallest absolute Gasteiger partial charge is 0.748 e. The SMILES string of the molecule is CC1(C)C(/C=C/C2=C(Oc3ccc(N=C=S)cc3)C(=C/C=C3/N(CCCCS(=O)(=O)[O-])c4ccc(S(=O)(=O)[O-])cc4C3(C)C)/CCC2)=[N+](CCCCS(=O)(=O)[O-])c2ccc(S(=O)(=O)[O-])cc21.[Na+].[Na+].[Na+]. The van der Waals surface area contributed by atoms with E-state index in [1.54, 1.807) is 36.4 Å². The molecule has 1 aliphatic carbocycles. The predicted octanol–water partition coefficient (Wildman–Crippen LogP) is -2.05. The number of isothiocyanates is 1. The van der Waals surface area contributed by atoms with Crippen molar-refractivity contribution in [3.8, 4) is 5.75 Å². The maximum atomic E-state index is 12.1. The van der Waals surface area contributed by atoms with Crippen molar-refractivity contribution in [1.82, 2.24) is 0 Å². The van der Waals surface area contributed by atoms with Crippen LogP contribution in [0.5, 0.6) is 5.75 Å². The van der Waals surface area contributed by atoms with Gasteiger partial charge < -0.3 is 27.8 Å². The van der Waals surface area contributed by atoms with Gasteiger partial charge in [0.05, 0.1) is 46.3 Å². The quantitative estimate of drug-likeness (QED) is 0.0332. The summed E-state index contributed by atoms with van der Waals surface area (Å²) < 4.78 is 150. The Labute approximate surface area is 477 Å². The molecule has 16 nitrogen and oxygen atoms in total. The Morgan fingerprint density at radius 1 is 0.725 bits per heavy atom. The number of anilines is 1. The van der Waals surface area contributed by atoms with Crippen LogP contribution < -0.4 is 98.3 Å². The van der Waals surface area contributed by atoms with Crippen LogP contribution in [0.1, 0.15) is 83.8 Å². The monoisotopic (exact) mass is 1070 g/mol. The van der Waals surface area contributed by atoms with Crippen molar-refractivity contribution >= 4 is 80.6 Å². The molecule has 24 heteroatoms. The molecule has 0 bridgehead atoms. The molecule has 0 saturated carbocycles. The molecule has 2 heterocycles. The van der Waals surface area contributed by atoms with Crippen molar-refractivity contribution in [2.75, 3.05) is 29.5 Å². The molecule has 0 spiro atoms. The molecule has 0 atom stereocenters. The van der Waals surface area contributed by atoms with Gasteiger partial charge in [-0.3, -0.25) is 0 Å². The van der Waals surface area contributed by atoms with Gasteiger partial charge in [0, 0.05) is 59.0 Å². The second-order valence-corrected chi connectivity index (χ2v) is 23.2. The molecule has 354 valence electrons. The van der Waals surface area contributed by atoms with E-state index in [-0.39, 0.29) is 115 Å². The van der Waals surface area contributed by atoms with E-state index in [1.165, 1.54) is 24.3 Å². The van der Waals surface area contributed by atoms with Crippen LogP contribution >= 0.6 is 12.2 Å². The first-order chi connectivity index (χ1) is 30.7. The molecular formula is C45H48N3Na3O13S5. The molecule has 0 unspecified atom stereocenters. The first kappa shape index (κ1) is 61.6. The summed E-state index contributed by atoms with van der Waals surface area (Å²) in [5, 5.41) is 2.34.